The van der Waals surface area contributed by atoms with Crippen molar-refractivity contribution < 1.29 is 17.9 Å². The molecule has 3 aromatic rings. The van der Waals surface area contributed by atoms with E-state index in [1.54, 1.807) is 12.3 Å². The van der Waals surface area contributed by atoms with E-state index < -0.39 is 11.7 Å². The third-order valence-corrected chi connectivity index (χ3v) is 5.18. The number of rotatable bonds is 4. The monoisotopic (exact) mass is 426 g/mol. The third-order valence-electron chi connectivity index (χ3n) is 5.18. The number of anilines is 1. The van der Waals surface area contributed by atoms with Crippen molar-refractivity contribution in [3.8, 4) is 11.8 Å². The molecule has 0 N–H and O–H groups in total. The summed E-state index contributed by atoms with van der Waals surface area (Å²) in [5.74, 6) is 0.839. The van der Waals surface area contributed by atoms with Gasteiger partial charge in [0.25, 0.3) is 0 Å². The van der Waals surface area contributed by atoms with Crippen LogP contribution in [0.3, 0.4) is 0 Å². The summed E-state index contributed by atoms with van der Waals surface area (Å²) < 4.78 is 43.5. The average Bonchev–Trinajstić information content (AvgIpc) is 2.76. The Morgan fingerprint density at radius 1 is 1.10 bits per heavy atom. The fraction of sp³-hybridized carbons (Fsp3) is 0.261. The molecule has 1 atom stereocenters. The van der Waals surface area contributed by atoms with Crippen LogP contribution in [0.1, 0.15) is 24.5 Å². The van der Waals surface area contributed by atoms with Crippen molar-refractivity contribution in [2.75, 3.05) is 18.0 Å². The van der Waals surface area contributed by atoms with Crippen LogP contribution >= 0.6 is 0 Å². The predicted octanol–water partition coefficient (Wildman–Crippen LogP) is 5.61. The van der Waals surface area contributed by atoms with Gasteiger partial charge in [-0.05, 0) is 42.2 Å². The minimum Gasteiger partial charge on any atom is -0.424 e. The Morgan fingerprint density at radius 2 is 1.90 bits per heavy atom. The first-order valence-corrected chi connectivity index (χ1v) is 9.91. The molecule has 31 heavy (non-hydrogen) atoms. The van der Waals surface area contributed by atoms with Crippen molar-refractivity contribution in [3.05, 3.63) is 77.9 Å². The second-order valence-corrected chi connectivity index (χ2v) is 7.45. The lowest BCUT2D eigenvalue weighted by Gasteiger charge is -2.34. The molecule has 160 valence electrons. The number of benzene rings is 1. The third kappa shape index (κ3) is 5.20. The highest BCUT2D eigenvalue weighted by Crippen LogP contribution is 2.30. The SMILES string of the molecule is CC1CN(c2cccnc2)CCC1=Cc1cccc(Oc2ncc(C(F)(F)F)cn2)c1. The molecular formula is C23H21F3N4O. The van der Waals surface area contributed by atoms with Crippen molar-refractivity contribution in [2.45, 2.75) is 19.5 Å². The van der Waals surface area contributed by atoms with Gasteiger partial charge in [-0.3, -0.25) is 4.98 Å². The fourth-order valence-corrected chi connectivity index (χ4v) is 3.54. The standard InChI is InChI=1S/C23H21F3N4O/c1-16-15-30(20-5-3-8-27-14-20)9-7-18(16)10-17-4-2-6-21(11-17)31-22-28-12-19(13-29-22)23(24,25)26/h2-6,8,10-14,16H,7,9,15H2,1H3. The Bertz CT molecular complexity index is 1050. The van der Waals surface area contributed by atoms with E-state index in [4.69, 9.17) is 4.74 Å². The molecule has 0 radical (unpaired) electrons. The van der Waals surface area contributed by atoms with E-state index in [1.165, 1.54) is 5.57 Å². The zero-order valence-corrected chi connectivity index (χ0v) is 16.9. The second-order valence-electron chi connectivity index (χ2n) is 7.45. The molecule has 0 saturated carbocycles. The van der Waals surface area contributed by atoms with E-state index in [0.717, 1.165) is 30.8 Å². The maximum atomic E-state index is 12.6. The molecule has 8 heteroatoms. The first kappa shape index (κ1) is 20.8. The number of aromatic nitrogens is 3. The lowest BCUT2D eigenvalue weighted by atomic mass is 9.91. The van der Waals surface area contributed by atoms with Gasteiger partial charge in [0.05, 0.1) is 17.4 Å². The van der Waals surface area contributed by atoms with E-state index in [1.807, 2.05) is 30.5 Å². The van der Waals surface area contributed by atoms with Crippen molar-refractivity contribution >= 4 is 11.8 Å². The van der Waals surface area contributed by atoms with Gasteiger partial charge < -0.3 is 9.64 Å². The molecule has 1 aromatic carbocycles. The molecule has 1 saturated heterocycles. The first-order valence-electron chi connectivity index (χ1n) is 9.91. The molecular weight excluding hydrogens is 405 g/mol. The molecule has 1 fully saturated rings. The largest absolute Gasteiger partial charge is 0.424 e. The van der Waals surface area contributed by atoms with Gasteiger partial charge >= 0.3 is 12.2 Å². The maximum absolute atomic E-state index is 12.6. The summed E-state index contributed by atoms with van der Waals surface area (Å²) in [7, 11) is 0. The molecule has 0 spiro atoms. The number of hydrogen-bond donors (Lipinski definition) is 0. The van der Waals surface area contributed by atoms with E-state index in [-0.39, 0.29) is 6.01 Å². The van der Waals surface area contributed by atoms with Crippen molar-refractivity contribution in [1.29, 1.82) is 0 Å². The second kappa shape index (κ2) is 8.75. The highest BCUT2D eigenvalue weighted by atomic mass is 19.4. The molecule has 0 amide bonds. The zero-order chi connectivity index (χ0) is 21.8. The van der Waals surface area contributed by atoms with Crippen LogP contribution < -0.4 is 9.64 Å². The Labute approximate surface area is 178 Å². The zero-order valence-electron chi connectivity index (χ0n) is 16.9. The number of alkyl halides is 3. The van der Waals surface area contributed by atoms with Gasteiger partial charge in [0.1, 0.15) is 5.75 Å². The number of ether oxygens (including phenoxy) is 1. The fourth-order valence-electron chi connectivity index (χ4n) is 3.54. The van der Waals surface area contributed by atoms with Crippen LogP contribution in [0.4, 0.5) is 18.9 Å². The molecule has 2 aromatic heterocycles. The number of halogens is 3. The quantitative estimate of drug-likeness (QED) is 0.543. The first-order chi connectivity index (χ1) is 14.9. The molecule has 5 nitrogen and oxygen atoms in total. The van der Waals surface area contributed by atoms with Gasteiger partial charge in [0, 0.05) is 31.7 Å². The number of nitrogens with zero attached hydrogens (tertiary/aromatic N) is 4. The van der Waals surface area contributed by atoms with Gasteiger partial charge in [-0.25, -0.2) is 9.97 Å². The minimum atomic E-state index is -4.48. The van der Waals surface area contributed by atoms with Crippen molar-refractivity contribution in [3.63, 3.8) is 0 Å². The summed E-state index contributed by atoms with van der Waals surface area (Å²) >= 11 is 0. The summed E-state index contributed by atoms with van der Waals surface area (Å²) in [4.78, 5) is 13.8. The van der Waals surface area contributed by atoms with Crippen LogP contribution in [0, 0.1) is 5.92 Å². The van der Waals surface area contributed by atoms with Crippen LogP contribution in [-0.2, 0) is 6.18 Å². The van der Waals surface area contributed by atoms with Crippen LogP contribution in [0.25, 0.3) is 6.08 Å². The Hall–Kier alpha value is -3.42. The van der Waals surface area contributed by atoms with Gasteiger partial charge in [-0.1, -0.05) is 30.7 Å². The summed E-state index contributed by atoms with van der Waals surface area (Å²) in [6.07, 6.45) is 3.68. The lowest BCUT2D eigenvalue weighted by molar-refractivity contribution is -0.138. The van der Waals surface area contributed by atoms with Crippen LogP contribution in [0.15, 0.2) is 66.8 Å². The highest BCUT2D eigenvalue weighted by Gasteiger charge is 2.31. The molecule has 1 unspecified atom stereocenters. The van der Waals surface area contributed by atoms with E-state index >= 15 is 0 Å². The topological polar surface area (TPSA) is 51.1 Å². The highest BCUT2D eigenvalue weighted by molar-refractivity contribution is 5.57. The molecule has 0 bridgehead atoms. The molecule has 1 aliphatic heterocycles. The lowest BCUT2D eigenvalue weighted by Crippen LogP contribution is -2.35. The van der Waals surface area contributed by atoms with Crippen molar-refractivity contribution in [2.24, 2.45) is 5.92 Å². The van der Waals surface area contributed by atoms with Crippen LogP contribution in [-0.4, -0.2) is 28.0 Å². The minimum absolute atomic E-state index is 0.129. The van der Waals surface area contributed by atoms with E-state index in [2.05, 4.69) is 38.9 Å². The Balaban J connectivity index is 1.44. The Morgan fingerprint density at radius 3 is 2.58 bits per heavy atom. The molecule has 3 heterocycles. The van der Waals surface area contributed by atoms with Crippen molar-refractivity contribution in [1.82, 2.24) is 15.0 Å². The summed E-state index contributed by atoms with van der Waals surface area (Å²) in [6.45, 7) is 4.02. The van der Waals surface area contributed by atoms with Crippen LogP contribution in [0.2, 0.25) is 0 Å². The Kier molecular flexibility index (Phi) is 5.88. The van der Waals surface area contributed by atoms with Gasteiger partial charge in [-0.2, -0.15) is 13.2 Å². The smallest absolute Gasteiger partial charge is 0.419 e. The summed E-state index contributed by atoms with van der Waals surface area (Å²) in [6, 6.07) is 11.2. The average molecular weight is 426 g/mol. The van der Waals surface area contributed by atoms with Gasteiger partial charge in [0.2, 0.25) is 0 Å². The number of pyridine rings is 1. The number of piperidine rings is 1. The number of hydrogen-bond acceptors (Lipinski definition) is 5. The summed E-state index contributed by atoms with van der Waals surface area (Å²) in [5.41, 5.74) is 2.51. The summed E-state index contributed by atoms with van der Waals surface area (Å²) in [5, 5.41) is 0. The predicted molar refractivity (Wildman–Crippen MR) is 112 cm³/mol. The van der Waals surface area contributed by atoms with Gasteiger partial charge in [-0.15, -0.1) is 0 Å². The van der Waals surface area contributed by atoms with E-state index in [9.17, 15) is 13.2 Å². The normalized spacial score (nSPS) is 18.3. The molecule has 1 aliphatic rings. The van der Waals surface area contributed by atoms with Crippen LogP contribution in [0.5, 0.6) is 11.8 Å². The maximum Gasteiger partial charge on any atom is 0.419 e. The molecule has 0 aliphatic carbocycles. The molecule has 4 rings (SSSR count). The van der Waals surface area contributed by atoms with E-state index in [0.29, 0.717) is 24.1 Å². The van der Waals surface area contributed by atoms with Gasteiger partial charge in [0.15, 0.2) is 0 Å².